The van der Waals surface area contributed by atoms with Crippen molar-refractivity contribution in [2.75, 3.05) is 18.0 Å². The number of nitrogens with zero attached hydrogens (tertiary/aromatic N) is 2. The third-order valence-corrected chi connectivity index (χ3v) is 4.85. The van der Waals surface area contributed by atoms with Gasteiger partial charge in [0.05, 0.1) is 0 Å². The van der Waals surface area contributed by atoms with Gasteiger partial charge in [-0.1, -0.05) is 60.7 Å². The van der Waals surface area contributed by atoms with Crippen molar-refractivity contribution >= 4 is 23.0 Å². The van der Waals surface area contributed by atoms with Crippen LogP contribution in [0.15, 0.2) is 90.1 Å². The number of allylic oxidation sites excluding steroid dienone is 7. The Morgan fingerprint density at radius 1 is 1.04 bits per heavy atom. The largest absolute Gasteiger partial charge is 0.348 e. The molecule has 142 valence electrons. The second kappa shape index (κ2) is 9.70. The summed E-state index contributed by atoms with van der Waals surface area (Å²) >= 11 is 0. The van der Waals surface area contributed by atoms with Crippen molar-refractivity contribution in [1.82, 2.24) is 0 Å². The Hall–Kier alpha value is -3.13. The maximum Gasteiger partial charge on any atom is 0.0485 e. The van der Waals surface area contributed by atoms with E-state index in [4.69, 9.17) is 0 Å². The maximum atomic E-state index is 4.34. The van der Waals surface area contributed by atoms with Gasteiger partial charge in [0.1, 0.15) is 0 Å². The molecular formula is C26H28N2. The lowest BCUT2D eigenvalue weighted by Gasteiger charge is -2.26. The fraction of sp³-hybridized carbons (Fsp3) is 0.192. The number of anilines is 1. The number of benzene rings is 2. The average Bonchev–Trinajstić information content (AvgIpc) is 2.73. The SMILES string of the molecule is CC/N=C/C=C(/C=C/C=C1/C=CN(CC)c2ccccc21)c1ccccc1C. The molecule has 0 bridgehead atoms. The monoisotopic (exact) mass is 368 g/mol. The lowest BCUT2D eigenvalue weighted by atomic mass is 9.98. The van der Waals surface area contributed by atoms with Crippen LogP contribution in [-0.4, -0.2) is 19.3 Å². The van der Waals surface area contributed by atoms with E-state index < -0.39 is 0 Å². The van der Waals surface area contributed by atoms with E-state index in [-0.39, 0.29) is 0 Å². The van der Waals surface area contributed by atoms with Gasteiger partial charge in [0.25, 0.3) is 0 Å². The van der Waals surface area contributed by atoms with Gasteiger partial charge in [-0.25, -0.2) is 0 Å². The predicted molar refractivity (Wildman–Crippen MR) is 124 cm³/mol. The second-order valence-electron chi connectivity index (χ2n) is 6.68. The Morgan fingerprint density at radius 3 is 2.61 bits per heavy atom. The van der Waals surface area contributed by atoms with Crippen molar-refractivity contribution in [2.24, 2.45) is 4.99 Å². The van der Waals surface area contributed by atoms with Gasteiger partial charge in [-0.15, -0.1) is 0 Å². The van der Waals surface area contributed by atoms with E-state index in [2.05, 4.69) is 109 Å². The molecular weight excluding hydrogens is 340 g/mol. The topological polar surface area (TPSA) is 15.6 Å². The van der Waals surface area contributed by atoms with Crippen molar-refractivity contribution < 1.29 is 0 Å². The summed E-state index contributed by atoms with van der Waals surface area (Å²) in [6.07, 6.45) is 14.8. The van der Waals surface area contributed by atoms with Gasteiger partial charge >= 0.3 is 0 Å². The molecule has 2 aromatic rings. The summed E-state index contributed by atoms with van der Waals surface area (Å²) in [5.74, 6) is 0. The molecule has 1 aliphatic heterocycles. The molecule has 1 heterocycles. The van der Waals surface area contributed by atoms with Crippen molar-refractivity contribution in [3.8, 4) is 0 Å². The molecule has 0 N–H and O–H groups in total. The molecule has 1 aliphatic rings. The van der Waals surface area contributed by atoms with Gasteiger partial charge in [0.15, 0.2) is 0 Å². The number of aryl methyl sites for hydroxylation is 1. The molecule has 0 fully saturated rings. The highest BCUT2D eigenvalue weighted by atomic mass is 15.1. The first-order valence-electron chi connectivity index (χ1n) is 9.93. The molecule has 0 radical (unpaired) electrons. The third-order valence-electron chi connectivity index (χ3n) is 4.85. The first-order valence-corrected chi connectivity index (χ1v) is 9.93. The Labute approximate surface area is 168 Å². The summed E-state index contributed by atoms with van der Waals surface area (Å²) in [4.78, 5) is 6.62. The van der Waals surface area contributed by atoms with Crippen LogP contribution in [0.2, 0.25) is 0 Å². The highest BCUT2D eigenvalue weighted by Crippen LogP contribution is 2.32. The zero-order valence-electron chi connectivity index (χ0n) is 17.0. The minimum atomic E-state index is 0.792. The molecule has 0 aromatic heterocycles. The van der Waals surface area contributed by atoms with E-state index in [1.807, 2.05) is 13.1 Å². The molecule has 0 saturated carbocycles. The van der Waals surface area contributed by atoms with Crippen LogP contribution in [0, 0.1) is 6.92 Å². The van der Waals surface area contributed by atoms with Crippen LogP contribution >= 0.6 is 0 Å². The fourth-order valence-electron chi connectivity index (χ4n) is 3.36. The average molecular weight is 369 g/mol. The number of hydrogen-bond donors (Lipinski definition) is 0. The normalized spacial score (nSPS) is 15.8. The molecule has 2 nitrogen and oxygen atoms in total. The van der Waals surface area contributed by atoms with E-state index in [0.29, 0.717) is 0 Å². The number of rotatable bonds is 6. The van der Waals surface area contributed by atoms with Crippen LogP contribution in [0.3, 0.4) is 0 Å². The Bertz CT molecular complexity index is 958. The lowest BCUT2D eigenvalue weighted by molar-refractivity contribution is 1.01. The quantitative estimate of drug-likeness (QED) is 0.422. The zero-order valence-corrected chi connectivity index (χ0v) is 17.0. The van der Waals surface area contributed by atoms with Gasteiger partial charge in [-0.2, -0.15) is 0 Å². The molecule has 0 amide bonds. The lowest BCUT2D eigenvalue weighted by Crippen LogP contribution is -2.18. The Balaban J connectivity index is 1.93. The minimum absolute atomic E-state index is 0.792. The van der Waals surface area contributed by atoms with E-state index in [1.54, 1.807) is 0 Å². The molecule has 2 aromatic carbocycles. The summed E-state index contributed by atoms with van der Waals surface area (Å²) in [6.45, 7) is 8.12. The number of para-hydroxylation sites is 1. The molecule has 0 unspecified atom stereocenters. The molecule has 0 aliphatic carbocycles. The third kappa shape index (κ3) is 4.58. The molecule has 0 saturated heterocycles. The molecule has 2 heteroatoms. The maximum absolute atomic E-state index is 4.34. The van der Waals surface area contributed by atoms with Crippen LogP contribution in [0.4, 0.5) is 5.69 Å². The van der Waals surface area contributed by atoms with Crippen LogP contribution < -0.4 is 4.90 Å². The number of hydrogen-bond acceptors (Lipinski definition) is 2. The molecule has 28 heavy (non-hydrogen) atoms. The Morgan fingerprint density at radius 2 is 1.82 bits per heavy atom. The second-order valence-corrected chi connectivity index (χ2v) is 6.68. The van der Waals surface area contributed by atoms with Gasteiger partial charge < -0.3 is 4.90 Å². The minimum Gasteiger partial charge on any atom is -0.348 e. The van der Waals surface area contributed by atoms with Gasteiger partial charge in [-0.3, -0.25) is 4.99 Å². The summed E-state index contributed by atoms with van der Waals surface area (Å²) in [7, 11) is 0. The molecule has 0 atom stereocenters. The summed E-state index contributed by atoms with van der Waals surface area (Å²) in [5.41, 5.74) is 7.41. The highest BCUT2D eigenvalue weighted by Gasteiger charge is 2.13. The fourth-order valence-corrected chi connectivity index (χ4v) is 3.36. The highest BCUT2D eigenvalue weighted by molar-refractivity contribution is 5.90. The number of fused-ring (bicyclic) bond motifs is 1. The van der Waals surface area contributed by atoms with E-state index in [1.165, 1.54) is 28.0 Å². The van der Waals surface area contributed by atoms with Gasteiger partial charge in [0.2, 0.25) is 0 Å². The van der Waals surface area contributed by atoms with Gasteiger partial charge in [0, 0.05) is 36.8 Å². The first kappa shape index (κ1) is 19.6. The van der Waals surface area contributed by atoms with Crippen LogP contribution in [0.1, 0.15) is 30.5 Å². The van der Waals surface area contributed by atoms with Crippen LogP contribution in [-0.2, 0) is 0 Å². The summed E-state index contributed by atoms with van der Waals surface area (Å²) < 4.78 is 0. The smallest absolute Gasteiger partial charge is 0.0485 e. The first-order chi connectivity index (χ1) is 13.7. The van der Waals surface area contributed by atoms with E-state index in [0.717, 1.165) is 18.7 Å². The van der Waals surface area contributed by atoms with Crippen LogP contribution in [0.5, 0.6) is 0 Å². The van der Waals surface area contributed by atoms with Crippen molar-refractivity contribution in [2.45, 2.75) is 20.8 Å². The van der Waals surface area contributed by atoms with Crippen molar-refractivity contribution in [1.29, 1.82) is 0 Å². The Kier molecular flexibility index (Phi) is 6.80. The van der Waals surface area contributed by atoms with E-state index >= 15 is 0 Å². The van der Waals surface area contributed by atoms with Gasteiger partial charge in [-0.05, 0) is 61.3 Å². The molecule has 3 rings (SSSR count). The van der Waals surface area contributed by atoms with Crippen LogP contribution in [0.25, 0.3) is 11.1 Å². The van der Waals surface area contributed by atoms with Crippen molar-refractivity contribution in [3.63, 3.8) is 0 Å². The number of aliphatic imine (C=N–C) groups is 1. The summed E-state index contributed by atoms with van der Waals surface area (Å²) in [5, 5.41) is 0. The predicted octanol–water partition coefficient (Wildman–Crippen LogP) is 6.46. The standard InChI is InChI=1S/C26H28N2/c1-4-27-19-17-22(24-14-7-6-11-21(24)3)12-10-13-23-18-20-28(5-2)26-16-9-8-15-25(23)26/h6-20H,4-5H2,1-3H3/b12-10+,22-17-,23-13-,27-19+. The molecule has 0 spiro atoms. The summed E-state index contributed by atoms with van der Waals surface area (Å²) in [6, 6.07) is 17.0. The van der Waals surface area contributed by atoms with Crippen molar-refractivity contribution in [3.05, 3.63) is 102 Å². The van der Waals surface area contributed by atoms with E-state index in [9.17, 15) is 0 Å². The zero-order chi connectivity index (χ0) is 19.8.